The van der Waals surface area contributed by atoms with Crippen LogP contribution >= 0.6 is 0 Å². The van der Waals surface area contributed by atoms with Gasteiger partial charge in [0.2, 0.25) is 17.6 Å². The van der Waals surface area contributed by atoms with Gasteiger partial charge in [-0.2, -0.15) is 0 Å². The van der Waals surface area contributed by atoms with E-state index in [0.29, 0.717) is 35.9 Å². The van der Waals surface area contributed by atoms with Gasteiger partial charge in [0, 0.05) is 41.5 Å². The maximum atomic E-state index is 14.2. The van der Waals surface area contributed by atoms with E-state index in [0.717, 1.165) is 106 Å². The number of imide groups is 2. The molecule has 2 aliphatic heterocycles. The third kappa shape index (κ3) is 6.89. The van der Waals surface area contributed by atoms with E-state index in [9.17, 15) is 33.9 Å². The fourth-order valence-electron chi connectivity index (χ4n) is 13.2. The Bertz CT molecular complexity index is 2230. The highest BCUT2D eigenvalue weighted by molar-refractivity contribution is 6.25. The number of nitrogens with zero attached hydrogens (tertiary/aromatic N) is 1. The first kappa shape index (κ1) is 43.1. The highest BCUT2D eigenvalue weighted by Gasteiger charge is 2.67. The number of amides is 4. The van der Waals surface area contributed by atoms with Gasteiger partial charge < -0.3 is 10.4 Å². The molecule has 8 rings (SSSR count). The van der Waals surface area contributed by atoms with Crippen molar-refractivity contribution in [2.24, 2.45) is 33.0 Å². The quantitative estimate of drug-likeness (QED) is 0.131. The normalized spacial score (nSPS) is 34.4. The number of ketones is 2. The first-order chi connectivity index (χ1) is 28.9. The minimum atomic E-state index is -0.984. The van der Waals surface area contributed by atoms with Crippen LogP contribution in [0, 0.1) is 33.0 Å². The van der Waals surface area contributed by atoms with Gasteiger partial charge in [0.1, 0.15) is 11.8 Å². The number of nitrogens with one attached hydrogen (secondary N) is 2. The molecule has 7 atom stereocenters. The smallest absolute Gasteiger partial charge is 0.264 e. The fraction of sp³-hybridized carbons (Fsp3) is 0.608. The number of unbranched alkanes of at least 4 members (excludes halogenated alkanes) is 6. The lowest BCUT2D eigenvalue weighted by Crippen LogP contribution is -2.62. The predicted octanol–water partition coefficient (Wildman–Crippen LogP) is 9.82. The molecule has 1 aromatic carbocycles. The van der Waals surface area contributed by atoms with E-state index in [4.69, 9.17) is 0 Å². The van der Waals surface area contributed by atoms with E-state index < -0.39 is 29.7 Å². The number of hydrogen-bond acceptors (Lipinski definition) is 8. The number of carbonyl (C=O) groups is 6. The molecule has 10 nitrogen and oxygen atoms in total. The number of allylic oxidation sites excluding steroid dienone is 7. The first-order valence-corrected chi connectivity index (χ1v) is 23.1. The highest BCUT2D eigenvalue weighted by Crippen LogP contribution is 2.75. The number of aliphatic hydroxyl groups is 1. The van der Waals surface area contributed by atoms with Crippen LogP contribution in [-0.2, 0) is 19.2 Å². The summed E-state index contributed by atoms with van der Waals surface area (Å²) in [4.78, 5) is 78.7. The van der Waals surface area contributed by atoms with Crippen LogP contribution in [0.3, 0.4) is 0 Å². The molecule has 1 unspecified atom stereocenters. The van der Waals surface area contributed by atoms with Crippen LogP contribution in [0.15, 0.2) is 64.5 Å². The zero-order chi connectivity index (χ0) is 43.7. The summed E-state index contributed by atoms with van der Waals surface area (Å²) in [7, 11) is 0. The molecule has 0 aromatic heterocycles. The second kappa shape index (κ2) is 15.6. The molecule has 326 valence electrons. The summed E-state index contributed by atoms with van der Waals surface area (Å²) in [5, 5.41) is 16.1. The van der Waals surface area contributed by atoms with Crippen molar-refractivity contribution in [1.29, 1.82) is 0 Å². The maximum Gasteiger partial charge on any atom is 0.264 e. The van der Waals surface area contributed by atoms with E-state index in [2.05, 4.69) is 57.4 Å². The number of anilines is 1. The molecular formula is C51H65N3O7. The van der Waals surface area contributed by atoms with E-state index in [1.165, 1.54) is 5.57 Å². The number of Topliss-reactive ketones (excluding diaryl/α,β-unsaturated/α-hetero) is 1. The van der Waals surface area contributed by atoms with Crippen LogP contribution in [0.4, 0.5) is 5.69 Å². The minimum absolute atomic E-state index is 0.0247. The molecule has 4 amide bonds. The second-order valence-electron chi connectivity index (χ2n) is 20.9. The molecule has 5 aliphatic carbocycles. The summed E-state index contributed by atoms with van der Waals surface area (Å²) in [6.45, 7) is 14.6. The first-order valence-electron chi connectivity index (χ1n) is 23.1. The molecule has 0 bridgehead atoms. The molecule has 0 radical (unpaired) electrons. The lowest BCUT2D eigenvalue weighted by atomic mass is 9.34. The summed E-state index contributed by atoms with van der Waals surface area (Å²) in [5.41, 5.74) is 4.91. The zero-order valence-electron chi connectivity index (χ0n) is 37.2. The van der Waals surface area contributed by atoms with Crippen molar-refractivity contribution in [2.75, 3.05) is 11.9 Å². The van der Waals surface area contributed by atoms with Crippen LogP contribution in [0.2, 0.25) is 0 Å². The largest absolute Gasteiger partial charge is 0.504 e. The van der Waals surface area contributed by atoms with Gasteiger partial charge in [-0.1, -0.05) is 90.5 Å². The van der Waals surface area contributed by atoms with Crippen LogP contribution in [0.25, 0.3) is 0 Å². The molecule has 3 saturated carbocycles. The van der Waals surface area contributed by atoms with Crippen LogP contribution in [0.1, 0.15) is 171 Å². The predicted molar refractivity (Wildman–Crippen MR) is 234 cm³/mol. The standard InChI is InChI=1S/C51H65N3O7/c1-31-32-18-20-38-49(4,34(32)29-37(55)43(31)58)25-27-51(6)39-30-48(3,23-22-47(39,2)24-26-50(38,51)5)40(56)17-12-10-8-7-9-11-13-28-52-35-16-14-15-33-42(35)46(61)54(45(33)60)36-19-21-41(57)53-44(36)59/h14-16,18,20,29,36,39,52,58H,7-13,17,19,21-28,30H2,1-6H3,(H,53,57,59)/t36?,39-,47-,48-,49+,50-,51+/m1/s1. The van der Waals surface area contributed by atoms with E-state index in [-0.39, 0.29) is 62.6 Å². The topological polar surface area (TPSA) is 150 Å². The number of rotatable bonds is 13. The fourth-order valence-corrected chi connectivity index (χ4v) is 13.2. The van der Waals surface area contributed by atoms with Crippen LogP contribution in [-0.4, -0.2) is 57.8 Å². The molecule has 2 heterocycles. The van der Waals surface area contributed by atoms with Crippen molar-refractivity contribution in [2.45, 2.75) is 157 Å². The Morgan fingerprint density at radius 1 is 0.852 bits per heavy atom. The van der Waals surface area contributed by atoms with Gasteiger partial charge in [0.15, 0.2) is 5.76 Å². The van der Waals surface area contributed by atoms with Crippen molar-refractivity contribution in [3.8, 4) is 0 Å². The Hall–Kier alpha value is -4.60. The molecular weight excluding hydrogens is 767 g/mol. The summed E-state index contributed by atoms with van der Waals surface area (Å²) in [6.07, 6.45) is 21.4. The van der Waals surface area contributed by atoms with Gasteiger partial charge in [0.25, 0.3) is 11.8 Å². The molecule has 0 spiro atoms. The Morgan fingerprint density at radius 2 is 1.56 bits per heavy atom. The minimum Gasteiger partial charge on any atom is -0.504 e. The third-order valence-corrected chi connectivity index (χ3v) is 17.4. The van der Waals surface area contributed by atoms with Gasteiger partial charge >= 0.3 is 0 Å². The Kier molecular flexibility index (Phi) is 11.0. The van der Waals surface area contributed by atoms with Crippen LogP contribution in [0.5, 0.6) is 0 Å². The molecule has 1 saturated heterocycles. The zero-order valence-corrected chi connectivity index (χ0v) is 37.2. The second-order valence-corrected chi connectivity index (χ2v) is 20.9. The molecule has 3 N–H and O–H groups in total. The Labute approximate surface area is 361 Å². The highest BCUT2D eigenvalue weighted by atomic mass is 16.3. The summed E-state index contributed by atoms with van der Waals surface area (Å²) in [6, 6.07) is 4.15. The summed E-state index contributed by atoms with van der Waals surface area (Å²) >= 11 is 0. The summed E-state index contributed by atoms with van der Waals surface area (Å²) in [5.74, 6) is -1.58. The SMILES string of the molecule is CC1=C(O)C(=O)C=C2C1=CC=C1[C@@]2(C)CC[C@@]2(C)[C@@H]3C[C@](C)(C(=O)CCCCCCCCCNc4cccc5c4C(=O)N(C4CCC(=O)NC4=O)C5=O)CC[C@]3(C)CC[C@]12C. The number of hydrogen-bond donors (Lipinski definition) is 3. The van der Waals surface area contributed by atoms with Crippen LogP contribution < -0.4 is 10.6 Å². The molecule has 10 heteroatoms. The average Bonchev–Trinajstić information content (AvgIpc) is 3.48. The van der Waals surface area contributed by atoms with Crippen molar-refractivity contribution in [3.05, 3.63) is 75.6 Å². The number of piperidine rings is 1. The molecule has 1 aromatic rings. The monoisotopic (exact) mass is 831 g/mol. The molecule has 61 heavy (non-hydrogen) atoms. The molecule has 4 fully saturated rings. The number of carbonyl (C=O) groups excluding carboxylic acids is 6. The van der Waals surface area contributed by atoms with E-state index in [1.54, 1.807) is 24.3 Å². The van der Waals surface area contributed by atoms with Crippen molar-refractivity contribution in [3.63, 3.8) is 0 Å². The molecule has 7 aliphatic rings. The van der Waals surface area contributed by atoms with Gasteiger partial charge in [0.05, 0.1) is 11.1 Å². The average molecular weight is 832 g/mol. The van der Waals surface area contributed by atoms with Gasteiger partial charge in [-0.3, -0.25) is 39.0 Å². The van der Waals surface area contributed by atoms with E-state index in [1.807, 2.05) is 6.92 Å². The Morgan fingerprint density at radius 3 is 2.30 bits per heavy atom. The lowest BCUT2D eigenvalue weighted by Gasteiger charge is -2.70. The third-order valence-electron chi connectivity index (χ3n) is 17.4. The van der Waals surface area contributed by atoms with Crippen molar-refractivity contribution >= 4 is 40.9 Å². The lowest BCUT2D eigenvalue weighted by molar-refractivity contribution is -0.168. The van der Waals surface area contributed by atoms with Gasteiger partial charge in [-0.15, -0.1) is 0 Å². The van der Waals surface area contributed by atoms with E-state index >= 15 is 0 Å². The van der Waals surface area contributed by atoms with Gasteiger partial charge in [-0.25, -0.2) is 0 Å². The van der Waals surface area contributed by atoms with Gasteiger partial charge in [-0.05, 0) is 123 Å². The van der Waals surface area contributed by atoms with Crippen molar-refractivity contribution < 1.29 is 33.9 Å². The Balaban J connectivity index is 0.801. The number of aliphatic hydroxyl groups excluding tert-OH is 1. The maximum absolute atomic E-state index is 14.2. The number of benzene rings is 1. The summed E-state index contributed by atoms with van der Waals surface area (Å²) < 4.78 is 0. The number of fused-ring (bicyclic) bond motifs is 8. The van der Waals surface area contributed by atoms with Crippen molar-refractivity contribution in [1.82, 2.24) is 10.2 Å².